The molecule has 0 spiro atoms. The molecular weight excluding hydrogens is 458 g/mol. The lowest BCUT2D eigenvalue weighted by Gasteiger charge is -2.17. The van der Waals surface area contributed by atoms with Crippen molar-refractivity contribution in [1.29, 1.82) is 0 Å². The summed E-state index contributed by atoms with van der Waals surface area (Å²) in [6.07, 6.45) is 0.654. The van der Waals surface area contributed by atoms with Gasteiger partial charge in [0.15, 0.2) is 5.16 Å². The normalized spacial score (nSPS) is 12.2. The average molecular weight is 482 g/mol. The molecule has 0 bridgehead atoms. The molecule has 4 aromatic rings. The van der Waals surface area contributed by atoms with E-state index in [1.165, 1.54) is 11.8 Å². The van der Waals surface area contributed by atoms with E-state index in [4.69, 9.17) is 16.3 Å². The number of benzene rings is 3. The topological polar surface area (TPSA) is 73.2 Å². The number of halogens is 1. The molecule has 3 aromatic carbocycles. The van der Waals surface area contributed by atoms with Crippen LogP contribution in [-0.2, 0) is 16.1 Å². The fourth-order valence-corrected chi connectivity index (χ4v) is 4.71. The lowest BCUT2D eigenvalue weighted by molar-refractivity contribution is -0.115. The van der Waals surface area contributed by atoms with Crippen LogP contribution in [-0.4, -0.2) is 34.4 Å². The molecule has 6 nitrogen and oxygen atoms in total. The van der Waals surface area contributed by atoms with E-state index in [1.54, 1.807) is 36.8 Å². The first-order valence-electron chi connectivity index (χ1n) is 10.6. The fourth-order valence-electron chi connectivity index (χ4n) is 3.61. The molecule has 1 atom stereocenters. The van der Waals surface area contributed by atoms with Gasteiger partial charge in [-0.25, -0.2) is 4.98 Å². The monoisotopic (exact) mass is 481 g/mol. The van der Waals surface area contributed by atoms with E-state index >= 15 is 0 Å². The molecule has 0 fully saturated rings. The second-order valence-electron chi connectivity index (χ2n) is 7.64. The number of carbonyl (C=O) groups excluding carboxylic acids is 1. The van der Waals surface area contributed by atoms with Gasteiger partial charge in [-0.3, -0.25) is 14.2 Å². The summed E-state index contributed by atoms with van der Waals surface area (Å²) in [6.45, 7) is 2.77. The number of aromatic nitrogens is 2. The summed E-state index contributed by atoms with van der Waals surface area (Å²) in [4.78, 5) is 30.9. The zero-order valence-corrected chi connectivity index (χ0v) is 19.9. The van der Waals surface area contributed by atoms with Crippen LogP contribution >= 0.6 is 23.4 Å². The zero-order chi connectivity index (χ0) is 23.4. The van der Waals surface area contributed by atoms with Crippen molar-refractivity contribution in [2.24, 2.45) is 0 Å². The molecular formula is C25H24ClN3O3S. The Morgan fingerprint density at radius 1 is 1.15 bits per heavy atom. The quantitative estimate of drug-likeness (QED) is 0.208. The summed E-state index contributed by atoms with van der Waals surface area (Å²) in [6, 6.07) is 18.7. The number of thioether (sulfide) groups is 1. The minimum absolute atomic E-state index is 0.156. The Hall–Kier alpha value is -2.87. The highest BCUT2D eigenvalue weighted by atomic mass is 35.5. The summed E-state index contributed by atoms with van der Waals surface area (Å²) in [5.74, 6) is -0.166. The molecule has 1 N–H and O–H groups in total. The van der Waals surface area contributed by atoms with Crippen molar-refractivity contribution in [1.82, 2.24) is 9.55 Å². The van der Waals surface area contributed by atoms with Crippen molar-refractivity contribution in [2.75, 3.05) is 19.0 Å². The minimum Gasteiger partial charge on any atom is -0.385 e. The first-order valence-corrected chi connectivity index (χ1v) is 11.9. The summed E-state index contributed by atoms with van der Waals surface area (Å²) in [5, 5.41) is 6.04. The Labute approximate surface area is 200 Å². The molecule has 8 heteroatoms. The second-order valence-corrected chi connectivity index (χ2v) is 9.38. The van der Waals surface area contributed by atoms with Gasteiger partial charge in [0.25, 0.3) is 5.56 Å². The number of carbonyl (C=O) groups is 1. The second kappa shape index (κ2) is 10.4. The molecule has 0 radical (unpaired) electrons. The van der Waals surface area contributed by atoms with Gasteiger partial charge in [-0.15, -0.1) is 0 Å². The SMILES string of the molecule is COCCCn1c(SC(C)C(=O)Nc2cccc3ccccc23)nc2cc(Cl)ccc2c1=O. The molecule has 0 aliphatic heterocycles. The first-order chi connectivity index (χ1) is 16.0. The Kier molecular flexibility index (Phi) is 7.33. The molecule has 0 saturated heterocycles. The third-order valence-electron chi connectivity index (χ3n) is 5.31. The molecule has 1 heterocycles. The lowest BCUT2D eigenvalue weighted by Crippen LogP contribution is -2.27. The van der Waals surface area contributed by atoms with Crippen LogP contribution in [0.15, 0.2) is 70.6 Å². The maximum absolute atomic E-state index is 13.2. The Morgan fingerprint density at radius 2 is 1.94 bits per heavy atom. The number of nitrogens with one attached hydrogen (secondary N) is 1. The molecule has 1 unspecified atom stereocenters. The Morgan fingerprint density at radius 3 is 2.76 bits per heavy atom. The van der Waals surface area contributed by atoms with Crippen LogP contribution in [0.25, 0.3) is 21.7 Å². The molecule has 1 amide bonds. The van der Waals surface area contributed by atoms with Gasteiger partial charge in [-0.1, -0.05) is 59.8 Å². The summed E-state index contributed by atoms with van der Waals surface area (Å²) in [5.41, 5.74) is 1.11. The van der Waals surface area contributed by atoms with Crippen LogP contribution in [0.5, 0.6) is 0 Å². The molecule has 170 valence electrons. The van der Waals surface area contributed by atoms with E-state index < -0.39 is 5.25 Å². The van der Waals surface area contributed by atoms with Crippen molar-refractivity contribution < 1.29 is 9.53 Å². The van der Waals surface area contributed by atoms with Gasteiger partial charge in [-0.2, -0.15) is 0 Å². The maximum atomic E-state index is 13.2. The minimum atomic E-state index is -0.485. The van der Waals surface area contributed by atoms with Gasteiger partial charge in [0.05, 0.1) is 16.2 Å². The highest BCUT2D eigenvalue weighted by Crippen LogP contribution is 2.27. The number of anilines is 1. The fraction of sp³-hybridized carbons (Fsp3) is 0.240. The number of fused-ring (bicyclic) bond motifs is 2. The Bertz CT molecular complexity index is 1370. The van der Waals surface area contributed by atoms with Gasteiger partial charge in [-0.05, 0) is 43.0 Å². The molecule has 1 aromatic heterocycles. The van der Waals surface area contributed by atoms with Crippen molar-refractivity contribution in [3.05, 3.63) is 76.0 Å². The predicted molar refractivity (Wildman–Crippen MR) is 135 cm³/mol. The van der Waals surface area contributed by atoms with Crippen LogP contribution in [0.4, 0.5) is 5.69 Å². The highest BCUT2D eigenvalue weighted by Gasteiger charge is 2.20. The standard InChI is InChI=1S/C25H24ClN3O3S/c1-16(23(30)27-21-10-5-8-17-7-3-4-9-19(17)21)33-25-28-22-15-18(26)11-12-20(22)24(31)29(25)13-6-14-32-2/h3-5,7-12,15-16H,6,13-14H2,1-2H3,(H,27,30). The molecule has 0 aliphatic carbocycles. The van der Waals surface area contributed by atoms with E-state index in [0.717, 1.165) is 16.5 Å². The number of nitrogens with zero attached hydrogens (tertiary/aromatic N) is 2. The molecule has 0 aliphatic rings. The summed E-state index contributed by atoms with van der Waals surface area (Å²) >= 11 is 7.38. The van der Waals surface area contributed by atoms with Crippen LogP contribution in [0.1, 0.15) is 13.3 Å². The van der Waals surface area contributed by atoms with Crippen LogP contribution in [0.3, 0.4) is 0 Å². The van der Waals surface area contributed by atoms with E-state index in [-0.39, 0.29) is 11.5 Å². The molecule has 33 heavy (non-hydrogen) atoms. The smallest absolute Gasteiger partial charge is 0.262 e. The van der Waals surface area contributed by atoms with Crippen molar-refractivity contribution in [3.8, 4) is 0 Å². The number of hydrogen-bond acceptors (Lipinski definition) is 5. The number of rotatable bonds is 8. The third-order valence-corrected chi connectivity index (χ3v) is 6.64. The van der Waals surface area contributed by atoms with Gasteiger partial charge >= 0.3 is 0 Å². The van der Waals surface area contributed by atoms with E-state index in [2.05, 4.69) is 10.3 Å². The van der Waals surface area contributed by atoms with Crippen LogP contribution in [0.2, 0.25) is 5.02 Å². The molecule has 0 saturated carbocycles. The number of amides is 1. The maximum Gasteiger partial charge on any atom is 0.262 e. The number of ether oxygens (including phenoxy) is 1. The van der Waals surface area contributed by atoms with Crippen LogP contribution in [0, 0.1) is 0 Å². The third kappa shape index (κ3) is 5.21. The average Bonchev–Trinajstić information content (AvgIpc) is 2.81. The summed E-state index contributed by atoms with van der Waals surface area (Å²) in [7, 11) is 1.62. The van der Waals surface area contributed by atoms with E-state index in [0.29, 0.717) is 40.7 Å². The van der Waals surface area contributed by atoms with Gasteiger partial charge in [0.1, 0.15) is 0 Å². The van der Waals surface area contributed by atoms with Crippen molar-refractivity contribution in [2.45, 2.75) is 30.3 Å². The largest absolute Gasteiger partial charge is 0.385 e. The van der Waals surface area contributed by atoms with Crippen molar-refractivity contribution >= 4 is 56.6 Å². The number of methoxy groups -OCH3 is 1. The summed E-state index contributed by atoms with van der Waals surface area (Å²) < 4.78 is 6.76. The van der Waals surface area contributed by atoms with Gasteiger partial charge in [0, 0.05) is 36.4 Å². The van der Waals surface area contributed by atoms with E-state index in [9.17, 15) is 9.59 Å². The van der Waals surface area contributed by atoms with E-state index in [1.807, 2.05) is 42.5 Å². The van der Waals surface area contributed by atoms with Gasteiger partial charge < -0.3 is 10.1 Å². The van der Waals surface area contributed by atoms with Crippen molar-refractivity contribution in [3.63, 3.8) is 0 Å². The first kappa shape index (κ1) is 23.3. The van der Waals surface area contributed by atoms with Gasteiger partial charge in [0.2, 0.25) is 5.91 Å². The Balaban J connectivity index is 1.62. The zero-order valence-electron chi connectivity index (χ0n) is 18.4. The predicted octanol–water partition coefficient (Wildman–Crippen LogP) is 5.36. The lowest BCUT2D eigenvalue weighted by atomic mass is 10.1. The molecule has 4 rings (SSSR count). The van der Waals surface area contributed by atoms with Crippen LogP contribution < -0.4 is 10.9 Å². The highest BCUT2D eigenvalue weighted by molar-refractivity contribution is 8.00. The number of hydrogen-bond donors (Lipinski definition) is 1.